The molecule has 0 bridgehead atoms. The Bertz CT molecular complexity index is 932. The molecule has 28 heavy (non-hydrogen) atoms. The maximum Gasteiger partial charge on any atom is 0.265 e. The molecule has 0 unspecified atom stereocenters. The summed E-state index contributed by atoms with van der Waals surface area (Å²) in [6.07, 6.45) is 6.49. The highest BCUT2D eigenvalue weighted by molar-refractivity contribution is 7.21. The van der Waals surface area contributed by atoms with Gasteiger partial charge < -0.3 is 10.2 Å². The van der Waals surface area contributed by atoms with Crippen molar-refractivity contribution in [1.82, 2.24) is 20.2 Å². The SMILES string of the molecule is O=C(NCc1cccnc1)C1CCN(C(=O)c2cnc(-c3cccs3)s2)CC1. The average Bonchev–Trinajstić information content (AvgIpc) is 3.44. The van der Waals surface area contributed by atoms with Crippen LogP contribution in [0.25, 0.3) is 9.88 Å². The zero-order valence-electron chi connectivity index (χ0n) is 15.2. The Kier molecular flexibility index (Phi) is 5.78. The van der Waals surface area contributed by atoms with Crippen LogP contribution >= 0.6 is 22.7 Å². The Morgan fingerprint density at radius 2 is 2.04 bits per heavy atom. The molecule has 1 N–H and O–H groups in total. The molecule has 1 aliphatic rings. The second-order valence-corrected chi connectivity index (χ2v) is 8.63. The summed E-state index contributed by atoms with van der Waals surface area (Å²) in [5.41, 5.74) is 0.982. The highest BCUT2D eigenvalue weighted by Crippen LogP contribution is 2.30. The molecule has 0 aliphatic carbocycles. The third kappa shape index (κ3) is 4.28. The second kappa shape index (κ2) is 8.62. The van der Waals surface area contributed by atoms with E-state index < -0.39 is 0 Å². The van der Waals surface area contributed by atoms with Crippen LogP contribution in [0.15, 0.2) is 48.2 Å². The van der Waals surface area contributed by atoms with E-state index in [1.165, 1.54) is 11.3 Å². The van der Waals surface area contributed by atoms with Gasteiger partial charge in [-0.05, 0) is 35.9 Å². The summed E-state index contributed by atoms with van der Waals surface area (Å²) in [6.45, 7) is 1.67. The van der Waals surface area contributed by atoms with E-state index >= 15 is 0 Å². The minimum absolute atomic E-state index is 0.00882. The van der Waals surface area contributed by atoms with E-state index in [0.717, 1.165) is 15.4 Å². The third-order valence-corrected chi connectivity index (χ3v) is 6.82. The normalized spacial score (nSPS) is 14.8. The first kappa shape index (κ1) is 18.8. The molecule has 0 aromatic carbocycles. The first-order chi connectivity index (χ1) is 13.7. The molecule has 4 rings (SSSR count). The Balaban J connectivity index is 1.29. The van der Waals surface area contributed by atoms with E-state index in [1.807, 2.05) is 34.5 Å². The highest BCUT2D eigenvalue weighted by atomic mass is 32.1. The fraction of sp³-hybridized carbons (Fsp3) is 0.300. The van der Waals surface area contributed by atoms with Gasteiger partial charge in [0.15, 0.2) is 0 Å². The molecule has 0 spiro atoms. The monoisotopic (exact) mass is 412 g/mol. The number of hydrogen-bond acceptors (Lipinski definition) is 6. The van der Waals surface area contributed by atoms with Crippen LogP contribution in [0.3, 0.4) is 0 Å². The molecule has 8 heteroatoms. The van der Waals surface area contributed by atoms with Gasteiger partial charge in [0.2, 0.25) is 5.91 Å². The van der Waals surface area contributed by atoms with Crippen molar-refractivity contribution in [1.29, 1.82) is 0 Å². The number of pyridine rings is 1. The van der Waals surface area contributed by atoms with Crippen LogP contribution in [0.2, 0.25) is 0 Å². The van der Waals surface area contributed by atoms with Gasteiger partial charge in [-0.2, -0.15) is 0 Å². The van der Waals surface area contributed by atoms with Crippen LogP contribution < -0.4 is 5.32 Å². The smallest absolute Gasteiger partial charge is 0.265 e. The van der Waals surface area contributed by atoms with Crippen molar-refractivity contribution >= 4 is 34.5 Å². The van der Waals surface area contributed by atoms with Crippen LogP contribution in [0, 0.1) is 5.92 Å². The molecule has 4 heterocycles. The molecule has 2 amide bonds. The zero-order valence-corrected chi connectivity index (χ0v) is 16.8. The number of nitrogens with zero attached hydrogens (tertiary/aromatic N) is 3. The summed E-state index contributed by atoms with van der Waals surface area (Å²) in [4.78, 5) is 37.2. The van der Waals surface area contributed by atoms with Gasteiger partial charge in [-0.25, -0.2) is 4.98 Å². The predicted octanol–water partition coefficient (Wildman–Crippen LogP) is 3.44. The number of aromatic nitrogens is 2. The van der Waals surface area contributed by atoms with E-state index in [-0.39, 0.29) is 17.7 Å². The zero-order chi connectivity index (χ0) is 19.3. The van der Waals surface area contributed by atoms with Crippen molar-refractivity contribution in [3.63, 3.8) is 0 Å². The Morgan fingerprint density at radius 3 is 2.75 bits per heavy atom. The van der Waals surface area contributed by atoms with Crippen LogP contribution in [0.4, 0.5) is 0 Å². The summed E-state index contributed by atoms with van der Waals surface area (Å²) < 4.78 is 0. The molecular formula is C20H20N4O2S2. The summed E-state index contributed by atoms with van der Waals surface area (Å²) >= 11 is 3.05. The molecule has 3 aromatic rings. The number of likely N-dealkylation sites (tertiary alicyclic amines) is 1. The Morgan fingerprint density at radius 1 is 1.18 bits per heavy atom. The van der Waals surface area contributed by atoms with Crippen LogP contribution in [0.5, 0.6) is 0 Å². The highest BCUT2D eigenvalue weighted by Gasteiger charge is 2.28. The third-order valence-electron chi connectivity index (χ3n) is 4.79. The number of piperidine rings is 1. The van der Waals surface area contributed by atoms with E-state index in [4.69, 9.17) is 0 Å². The van der Waals surface area contributed by atoms with Gasteiger partial charge in [-0.1, -0.05) is 12.1 Å². The number of thiophene rings is 1. The number of nitrogens with one attached hydrogen (secondary N) is 1. The second-order valence-electron chi connectivity index (χ2n) is 6.65. The van der Waals surface area contributed by atoms with Crippen molar-refractivity contribution in [2.45, 2.75) is 19.4 Å². The van der Waals surface area contributed by atoms with Gasteiger partial charge in [0.1, 0.15) is 9.88 Å². The lowest BCUT2D eigenvalue weighted by Crippen LogP contribution is -2.42. The van der Waals surface area contributed by atoms with E-state index in [1.54, 1.807) is 29.9 Å². The molecular weight excluding hydrogens is 392 g/mol. The minimum Gasteiger partial charge on any atom is -0.352 e. The lowest BCUT2D eigenvalue weighted by molar-refractivity contribution is -0.126. The quantitative estimate of drug-likeness (QED) is 0.697. The number of carbonyl (C=O) groups excluding carboxylic acids is 2. The topological polar surface area (TPSA) is 75.2 Å². The van der Waals surface area contributed by atoms with Gasteiger partial charge in [0.05, 0.1) is 11.1 Å². The summed E-state index contributed by atoms with van der Waals surface area (Å²) in [5.74, 6) is 0.00658. The van der Waals surface area contributed by atoms with Gasteiger partial charge in [0, 0.05) is 37.9 Å². The molecule has 1 saturated heterocycles. The first-order valence-corrected chi connectivity index (χ1v) is 10.9. The average molecular weight is 413 g/mol. The van der Waals surface area contributed by atoms with Gasteiger partial charge in [0.25, 0.3) is 5.91 Å². The van der Waals surface area contributed by atoms with Crippen LogP contribution in [-0.2, 0) is 11.3 Å². The largest absolute Gasteiger partial charge is 0.352 e. The van der Waals surface area contributed by atoms with E-state index in [2.05, 4.69) is 15.3 Å². The molecule has 0 radical (unpaired) electrons. The van der Waals surface area contributed by atoms with Gasteiger partial charge in [-0.3, -0.25) is 14.6 Å². The Hall–Kier alpha value is -2.58. The number of rotatable bonds is 5. The van der Waals surface area contributed by atoms with Gasteiger partial charge >= 0.3 is 0 Å². The summed E-state index contributed by atoms with van der Waals surface area (Å²) in [7, 11) is 0. The van der Waals surface area contributed by atoms with Crippen molar-refractivity contribution in [3.05, 3.63) is 58.7 Å². The van der Waals surface area contributed by atoms with Crippen molar-refractivity contribution in [2.75, 3.05) is 13.1 Å². The first-order valence-electron chi connectivity index (χ1n) is 9.16. The maximum absolute atomic E-state index is 12.8. The van der Waals surface area contributed by atoms with E-state index in [9.17, 15) is 9.59 Å². The molecule has 144 valence electrons. The lowest BCUT2D eigenvalue weighted by atomic mass is 9.95. The maximum atomic E-state index is 12.8. The fourth-order valence-corrected chi connectivity index (χ4v) is 4.91. The van der Waals surface area contributed by atoms with Crippen molar-refractivity contribution in [2.24, 2.45) is 5.92 Å². The molecule has 1 aliphatic heterocycles. The van der Waals surface area contributed by atoms with Crippen molar-refractivity contribution < 1.29 is 9.59 Å². The van der Waals surface area contributed by atoms with Crippen LogP contribution in [-0.4, -0.2) is 39.8 Å². The molecule has 6 nitrogen and oxygen atoms in total. The molecule has 0 atom stereocenters. The Labute approximate surface area is 171 Å². The molecule has 3 aromatic heterocycles. The van der Waals surface area contributed by atoms with Crippen LogP contribution in [0.1, 0.15) is 28.1 Å². The minimum atomic E-state index is -0.0520. The fourth-order valence-electron chi connectivity index (χ4n) is 3.22. The van der Waals surface area contributed by atoms with Gasteiger partial charge in [-0.15, -0.1) is 22.7 Å². The number of thiazole rings is 1. The predicted molar refractivity (Wildman–Crippen MR) is 110 cm³/mol. The number of amides is 2. The summed E-state index contributed by atoms with van der Waals surface area (Å²) in [6, 6.07) is 7.78. The number of hydrogen-bond donors (Lipinski definition) is 1. The van der Waals surface area contributed by atoms with E-state index in [0.29, 0.717) is 37.4 Å². The standard InChI is InChI=1S/C20H20N4O2S2/c25-18(22-12-14-3-1-7-21-11-14)15-5-8-24(9-6-15)20(26)17-13-23-19(28-17)16-4-2-10-27-16/h1-4,7,10-11,13,15H,5-6,8-9,12H2,(H,22,25). The van der Waals surface area contributed by atoms with Crippen molar-refractivity contribution in [3.8, 4) is 9.88 Å². The number of carbonyl (C=O) groups is 2. The lowest BCUT2D eigenvalue weighted by Gasteiger charge is -2.31. The molecule has 1 fully saturated rings. The summed E-state index contributed by atoms with van der Waals surface area (Å²) in [5, 5.41) is 5.85. The molecule has 0 saturated carbocycles.